The highest BCUT2D eigenvalue weighted by Crippen LogP contribution is 2.26. The van der Waals surface area contributed by atoms with Crippen LogP contribution in [0.15, 0.2) is 30.3 Å². The minimum atomic E-state index is -1.26. The van der Waals surface area contributed by atoms with E-state index in [1.165, 1.54) is 4.90 Å². The number of nitrogens with two attached hydrogens (primary N) is 1. The third-order valence-corrected chi connectivity index (χ3v) is 7.06. The molecule has 2 atom stereocenters. The van der Waals surface area contributed by atoms with Crippen molar-refractivity contribution >= 4 is 23.8 Å². The number of nitrogens with one attached hydrogen (secondary N) is 2. The Kier molecular flexibility index (Phi) is 14.0. The third-order valence-electron chi connectivity index (χ3n) is 7.06. The van der Waals surface area contributed by atoms with Crippen molar-refractivity contribution < 1.29 is 23.9 Å². The van der Waals surface area contributed by atoms with Gasteiger partial charge in [0.25, 0.3) is 0 Å². The maximum Gasteiger partial charge on any atom is 0.408 e. The number of nitrogens with zero attached hydrogens (tertiary/aromatic N) is 1. The van der Waals surface area contributed by atoms with E-state index < -0.39 is 42.0 Å². The van der Waals surface area contributed by atoms with Crippen molar-refractivity contribution in [2.75, 3.05) is 6.54 Å². The Balaban J connectivity index is 2.39. The Morgan fingerprint density at radius 3 is 2.20 bits per heavy atom. The summed E-state index contributed by atoms with van der Waals surface area (Å²) in [6.45, 7) is 7.59. The number of unbranched alkanes of at least 4 members (excludes halogenated alkanes) is 5. The lowest BCUT2D eigenvalue weighted by Crippen LogP contribution is -2.55. The Morgan fingerprint density at radius 1 is 0.975 bits per heavy atom. The summed E-state index contributed by atoms with van der Waals surface area (Å²) in [5, 5.41) is 5.73. The molecule has 1 saturated carbocycles. The molecule has 0 heterocycles. The van der Waals surface area contributed by atoms with Gasteiger partial charge in [-0.2, -0.15) is 0 Å². The smallest absolute Gasteiger partial charge is 0.408 e. The molecule has 9 heteroatoms. The zero-order chi connectivity index (χ0) is 29.5. The van der Waals surface area contributed by atoms with Crippen molar-refractivity contribution in [1.29, 1.82) is 0 Å². The van der Waals surface area contributed by atoms with Crippen LogP contribution in [-0.2, 0) is 19.1 Å². The third kappa shape index (κ3) is 12.0. The van der Waals surface area contributed by atoms with E-state index in [2.05, 4.69) is 17.6 Å². The van der Waals surface area contributed by atoms with Crippen LogP contribution in [-0.4, -0.2) is 52.9 Å². The maximum absolute atomic E-state index is 14.1. The summed E-state index contributed by atoms with van der Waals surface area (Å²) in [4.78, 5) is 54.1. The van der Waals surface area contributed by atoms with Crippen LogP contribution < -0.4 is 16.4 Å². The number of hydrogen-bond donors (Lipinski definition) is 3. The summed E-state index contributed by atoms with van der Waals surface area (Å²) in [6.07, 6.45) is 9.86. The average Bonchev–Trinajstić information content (AvgIpc) is 2.89. The molecule has 0 saturated heterocycles. The van der Waals surface area contributed by atoms with Gasteiger partial charge in [0, 0.05) is 12.6 Å². The molecular weight excluding hydrogens is 508 g/mol. The fraction of sp³-hybridized carbons (Fsp3) is 0.677. The highest BCUT2D eigenvalue weighted by molar-refractivity contribution is 5.94. The molecule has 1 aliphatic carbocycles. The Labute approximate surface area is 240 Å². The van der Waals surface area contributed by atoms with Crippen LogP contribution in [0.1, 0.15) is 116 Å². The molecule has 1 aromatic rings. The van der Waals surface area contributed by atoms with Crippen molar-refractivity contribution in [2.45, 2.75) is 128 Å². The summed E-state index contributed by atoms with van der Waals surface area (Å²) in [5.74, 6) is -1.53. The molecule has 0 aromatic heterocycles. The fourth-order valence-electron chi connectivity index (χ4n) is 5.12. The van der Waals surface area contributed by atoms with Gasteiger partial charge in [0.2, 0.25) is 17.7 Å². The lowest BCUT2D eigenvalue weighted by molar-refractivity contribution is -0.143. The van der Waals surface area contributed by atoms with Gasteiger partial charge >= 0.3 is 6.09 Å². The van der Waals surface area contributed by atoms with E-state index in [1.54, 1.807) is 20.8 Å². The molecule has 1 aromatic carbocycles. The maximum atomic E-state index is 14.1. The normalized spacial score (nSPS) is 15.5. The van der Waals surface area contributed by atoms with E-state index in [4.69, 9.17) is 10.5 Å². The largest absolute Gasteiger partial charge is 0.444 e. The summed E-state index contributed by atoms with van der Waals surface area (Å²) in [5.41, 5.74) is 5.37. The van der Waals surface area contributed by atoms with E-state index in [0.29, 0.717) is 18.5 Å². The lowest BCUT2D eigenvalue weighted by atomic mass is 9.94. The molecule has 2 unspecified atom stereocenters. The highest BCUT2D eigenvalue weighted by atomic mass is 16.6. The van der Waals surface area contributed by atoms with Crippen LogP contribution in [0.25, 0.3) is 0 Å². The van der Waals surface area contributed by atoms with Crippen molar-refractivity contribution in [3.63, 3.8) is 0 Å². The fourth-order valence-corrected chi connectivity index (χ4v) is 5.12. The average molecular weight is 559 g/mol. The van der Waals surface area contributed by atoms with Crippen LogP contribution in [0.5, 0.6) is 0 Å². The van der Waals surface area contributed by atoms with Crippen molar-refractivity contribution in [1.82, 2.24) is 15.5 Å². The van der Waals surface area contributed by atoms with Crippen molar-refractivity contribution in [2.24, 2.45) is 5.73 Å². The molecule has 4 N–H and O–H groups in total. The van der Waals surface area contributed by atoms with Crippen molar-refractivity contribution in [3.05, 3.63) is 35.9 Å². The first-order valence-electron chi connectivity index (χ1n) is 15.0. The first-order chi connectivity index (χ1) is 19.0. The van der Waals surface area contributed by atoms with Crippen LogP contribution >= 0.6 is 0 Å². The van der Waals surface area contributed by atoms with Gasteiger partial charge in [-0.1, -0.05) is 88.6 Å². The van der Waals surface area contributed by atoms with Gasteiger partial charge in [0.05, 0.1) is 6.42 Å². The van der Waals surface area contributed by atoms with E-state index in [9.17, 15) is 19.2 Å². The summed E-state index contributed by atoms with van der Waals surface area (Å²) in [6, 6.07) is 7.07. The second-order valence-corrected chi connectivity index (χ2v) is 11.8. The van der Waals surface area contributed by atoms with Crippen LogP contribution in [0, 0.1) is 0 Å². The predicted molar refractivity (Wildman–Crippen MR) is 156 cm³/mol. The van der Waals surface area contributed by atoms with E-state index >= 15 is 0 Å². The van der Waals surface area contributed by atoms with E-state index in [0.717, 1.165) is 64.2 Å². The monoisotopic (exact) mass is 558 g/mol. The van der Waals surface area contributed by atoms with Gasteiger partial charge in [-0.15, -0.1) is 0 Å². The van der Waals surface area contributed by atoms with E-state index in [-0.39, 0.29) is 11.9 Å². The summed E-state index contributed by atoms with van der Waals surface area (Å²) >= 11 is 0. The van der Waals surface area contributed by atoms with E-state index in [1.807, 2.05) is 30.3 Å². The number of amides is 4. The second kappa shape index (κ2) is 16.9. The van der Waals surface area contributed by atoms with Gasteiger partial charge < -0.3 is 26.0 Å². The topological polar surface area (TPSA) is 131 Å². The number of alkyl carbamates (subject to hydrolysis) is 1. The molecule has 2 rings (SSSR count). The molecular formula is C31H50N4O5. The molecule has 1 aliphatic rings. The molecule has 0 spiro atoms. The number of rotatable bonds is 15. The van der Waals surface area contributed by atoms with Gasteiger partial charge in [-0.05, 0) is 45.6 Å². The lowest BCUT2D eigenvalue weighted by Gasteiger charge is -2.35. The van der Waals surface area contributed by atoms with Crippen LogP contribution in [0.3, 0.4) is 0 Å². The number of primary amides is 1. The van der Waals surface area contributed by atoms with Gasteiger partial charge in [0.1, 0.15) is 17.7 Å². The van der Waals surface area contributed by atoms with Gasteiger partial charge in [-0.25, -0.2) is 4.79 Å². The first-order valence-corrected chi connectivity index (χ1v) is 15.0. The van der Waals surface area contributed by atoms with Crippen molar-refractivity contribution in [3.8, 4) is 0 Å². The Bertz CT molecular complexity index is 941. The zero-order valence-electron chi connectivity index (χ0n) is 24.9. The molecule has 4 amide bonds. The summed E-state index contributed by atoms with van der Waals surface area (Å²) in [7, 11) is 0. The molecule has 40 heavy (non-hydrogen) atoms. The van der Waals surface area contributed by atoms with Crippen LogP contribution in [0.4, 0.5) is 4.79 Å². The second-order valence-electron chi connectivity index (χ2n) is 11.8. The molecule has 0 radical (unpaired) electrons. The molecule has 9 nitrogen and oxygen atoms in total. The molecule has 1 fully saturated rings. The minimum Gasteiger partial charge on any atom is -0.444 e. The standard InChI is InChI=1S/C31H50N4O5/c1-5-6-7-8-9-16-21-35(29(38)25(22-26(32)36)34-30(39)40-31(2,3)4)27(23-17-12-10-13-18-23)28(37)33-24-19-14-11-15-20-24/h10,12-13,17-18,24-25,27H,5-9,11,14-16,19-22H2,1-4H3,(H2,32,36)(H,33,37)(H,34,39). The predicted octanol–water partition coefficient (Wildman–Crippen LogP) is 5.13. The SMILES string of the molecule is CCCCCCCCN(C(=O)C(CC(N)=O)NC(=O)OC(C)(C)C)C(C(=O)NC1CCCCC1)c1ccccc1. The number of carbonyl (C=O) groups excluding carboxylic acids is 4. The number of benzene rings is 1. The Morgan fingerprint density at radius 2 is 1.60 bits per heavy atom. The number of hydrogen-bond acceptors (Lipinski definition) is 5. The molecule has 224 valence electrons. The van der Waals surface area contributed by atoms with Crippen LogP contribution in [0.2, 0.25) is 0 Å². The van der Waals surface area contributed by atoms with Gasteiger partial charge in [-0.3, -0.25) is 14.4 Å². The molecule has 0 bridgehead atoms. The first kappa shape index (κ1) is 33.1. The number of carbonyl (C=O) groups is 4. The quantitative estimate of drug-likeness (QED) is 0.257. The highest BCUT2D eigenvalue weighted by Gasteiger charge is 2.37. The zero-order valence-corrected chi connectivity index (χ0v) is 24.9. The summed E-state index contributed by atoms with van der Waals surface area (Å²) < 4.78 is 5.36. The minimum absolute atomic E-state index is 0.0553. The Hall–Kier alpha value is -3.10. The molecule has 0 aliphatic heterocycles. The van der Waals surface area contributed by atoms with Gasteiger partial charge in [0.15, 0.2) is 0 Å². The number of ether oxygens (including phenoxy) is 1.